The quantitative estimate of drug-likeness (QED) is 0.214. The number of carbonyl (C=O) groups is 5. The monoisotopic (exact) mass is 745 g/mol. The number of nitrogens with zero attached hydrogens (tertiary/aromatic N) is 6. The van der Waals surface area contributed by atoms with E-state index in [1.807, 2.05) is 42.3 Å². The van der Waals surface area contributed by atoms with Gasteiger partial charge in [-0.05, 0) is 79.6 Å². The molecule has 4 aliphatic rings. The van der Waals surface area contributed by atoms with E-state index in [0.717, 1.165) is 78.3 Å². The van der Waals surface area contributed by atoms with Gasteiger partial charge in [-0.25, -0.2) is 4.98 Å². The minimum atomic E-state index is -0.999. The van der Waals surface area contributed by atoms with E-state index in [-0.39, 0.29) is 35.4 Å². The molecule has 1 aromatic carbocycles. The summed E-state index contributed by atoms with van der Waals surface area (Å²) in [6.45, 7) is 7.94. The zero-order valence-corrected chi connectivity index (χ0v) is 30.7. The molecule has 3 aromatic heterocycles. The first-order chi connectivity index (χ1) is 26.6. The van der Waals surface area contributed by atoms with Crippen LogP contribution >= 0.6 is 0 Å². The van der Waals surface area contributed by atoms with Crippen LogP contribution < -0.4 is 21.1 Å². The number of piperidine rings is 2. The number of piperazine rings is 1. The summed E-state index contributed by atoms with van der Waals surface area (Å²) in [6, 6.07) is 11.7. The molecule has 3 fully saturated rings. The van der Waals surface area contributed by atoms with E-state index in [9.17, 15) is 28.8 Å². The molecule has 0 radical (unpaired) electrons. The van der Waals surface area contributed by atoms with Gasteiger partial charge in [0.15, 0.2) is 0 Å². The molecular formula is C40H43N9O6. The normalized spacial score (nSPS) is 19.6. The summed E-state index contributed by atoms with van der Waals surface area (Å²) < 4.78 is 0. The first-order valence-corrected chi connectivity index (χ1v) is 19.0. The summed E-state index contributed by atoms with van der Waals surface area (Å²) in [6.07, 6.45) is 6.14. The molecule has 55 heavy (non-hydrogen) atoms. The first-order valence-electron chi connectivity index (χ1n) is 19.0. The maximum atomic E-state index is 13.4. The number of likely N-dealkylation sites (tertiary alicyclic amines) is 1. The average molecular weight is 746 g/mol. The number of aryl methyl sites for hydroxylation is 1. The molecule has 4 aromatic rings. The molecule has 3 N–H and O–H groups in total. The summed E-state index contributed by atoms with van der Waals surface area (Å²) in [4.78, 5) is 95.3. The zero-order valence-electron chi connectivity index (χ0n) is 30.7. The van der Waals surface area contributed by atoms with Crippen molar-refractivity contribution in [2.24, 2.45) is 5.92 Å². The highest BCUT2D eigenvalue weighted by atomic mass is 16.2. The van der Waals surface area contributed by atoms with E-state index in [0.29, 0.717) is 43.4 Å². The summed E-state index contributed by atoms with van der Waals surface area (Å²) in [5.41, 5.74) is 5.88. The fraction of sp³-hybridized carbons (Fsp3) is 0.400. The third-order valence-corrected chi connectivity index (χ3v) is 11.3. The predicted octanol–water partition coefficient (Wildman–Crippen LogP) is 2.57. The molecule has 0 aliphatic carbocycles. The SMILES string of the molecule is CCc1cc2ncc(CN3CCN(c4ccc(C(=O)N5CCC(CNc6ccc7c(c6)C(=O)N(C6CCC(=O)NC6=O)C7=O)CC5)nc4)CC3)cc2[nH]c1=O. The minimum Gasteiger partial charge on any atom is -0.385 e. The lowest BCUT2D eigenvalue weighted by Crippen LogP contribution is -2.54. The maximum absolute atomic E-state index is 13.4. The van der Waals surface area contributed by atoms with Crippen molar-refractivity contribution < 1.29 is 24.0 Å². The molecule has 3 saturated heterocycles. The van der Waals surface area contributed by atoms with E-state index >= 15 is 0 Å². The highest BCUT2D eigenvalue weighted by Crippen LogP contribution is 2.30. The number of hydrogen-bond acceptors (Lipinski definition) is 11. The number of H-pyrrole nitrogens is 1. The van der Waals surface area contributed by atoms with Crippen LogP contribution in [0, 0.1) is 5.92 Å². The molecule has 0 spiro atoms. The average Bonchev–Trinajstić information content (AvgIpc) is 3.45. The molecule has 4 aliphatic heterocycles. The third kappa shape index (κ3) is 7.31. The Morgan fingerprint density at radius 1 is 0.855 bits per heavy atom. The minimum absolute atomic E-state index is 0.0585. The van der Waals surface area contributed by atoms with Crippen molar-refractivity contribution in [3.8, 4) is 0 Å². The number of anilines is 2. The van der Waals surface area contributed by atoms with E-state index in [2.05, 4.69) is 35.4 Å². The van der Waals surface area contributed by atoms with Gasteiger partial charge in [-0.1, -0.05) is 6.92 Å². The third-order valence-electron chi connectivity index (χ3n) is 11.3. The van der Waals surface area contributed by atoms with Gasteiger partial charge < -0.3 is 20.1 Å². The van der Waals surface area contributed by atoms with Crippen molar-refractivity contribution in [3.63, 3.8) is 0 Å². The molecule has 1 atom stereocenters. The van der Waals surface area contributed by atoms with E-state index in [1.54, 1.807) is 24.4 Å². The first kappa shape index (κ1) is 36.0. The Bertz CT molecular complexity index is 2240. The van der Waals surface area contributed by atoms with Gasteiger partial charge in [0.2, 0.25) is 11.8 Å². The van der Waals surface area contributed by atoms with Gasteiger partial charge in [0.1, 0.15) is 11.7 Å². The van der Waals surface area contributed by atoms with Crippen molar-refractivity contribution in [2.75, 3.05) is 56.0 Å². The van der Waals surface area contributed by atoms with Crippen molar-refractivity contribution in [1.29, 1.82) is 0 Å². The Hall–Kier alpha value is -5.96. The van der Waals surface area contributed by atoms with Crippen LogP contribution in [0.2, 0.25) is 0 Å². The number of rotatable bonds is 9. The molecule has 0 bridgehead atoms. The Balaban J connectivity index is 0.789. The van der Waals surface area contributed by atoms with Crippen LogP contribution in [0.15, 0.2) is 59.7 Å². The van der Waals surface area contributed by atoms with Gasteiger partial charge in [-0.3, -0.25) is 48.9 Å². The Morgan fingerprint density at radius 3 is 2.36 bits per heavy atom. The second-order valence-corrected chi connectivity index (χ2v) is 14.7. The molecule has 284 valence electrons. The van der Waals surface area contributed by atoms with Crippen molar-refractivity contribution in [3.05, 3.63) is 93.2 Å². The fourth-order valence-corrected chi connectivity index (χ4v) is 7.98. The highest BCUT2D eigenvalue weighted by Gasteiger charge is 2.44. The fourth-order valence-electron chi connectivity index (χ4n) is 7.98. The number of benzene rings is 1. The van der Waals surface area contributed by atoms with Crippen molar-refractivity contribution in [1.82, 2.24) is 35.0 Å². The second kappa shape index (κ2) is 15.1. The van der Waals surface area contributed by atoms with Gasteiger partial charge in [0.25, 0.3) is 23.3 Å². The molecule has 8 rings (SSSR count). The molecule has 7 heterocycles. The molecular weight excluding hydrogens is 702 g/mol. The summed E-state index contributed by atoms with van der Waals surface area (Å²) in [7, 11) is 0. The number of carbonyl (C=O) groups excluding carboxylic acids is 5. The lowest BCUT2D eigenvalue weighted by atomic mass is 9.96. The van der Waals surface area contributed by atoms with Crippen LogP contribution in [0.5, 0.6) is 0 Å². The number of nitrogens with one attached hydrogen (secondary N) is 3. The lowest BCUT2D eigenvalue weighted by molar-refractivity contribution is -0.136. The van der Waals surface area contributed by atoms with Gasteiger partial charge in [-0.15, -0.1) is 0 Å². The summed E-state index contributed by atoms with van der Waals surface area (Å²) in [5, 5.41) is 5.60. The number of hydrogen-bond donors (Lipinski definition) is 3. The maximum Gasteiger partial charge on any atom is 0.272 e. The molecule has 1 unspecified atom stereocenters. The van der Waals surface area contributed by atoms with Gasteiger partial charge in [0, 0.05) is 76.2 Å². The van der Waals surface area contributed by atoms with E-state index < -0.39 is 29.7 Å². The Labute approximate surface area is 317 Å². The largest absolute Gasteiger partial charge is 0.385 e. The Morgan fingerprint density at radius 2 is 1.64 bits per heavy atom. The van der Waals surface area contributed by atoms with Gasteiger partial charge in [0.05, 0.1) is 34.0 Å². The second-order valence-electron chi connectivity index (χ2n) is 14.7. The Kier molecular flexibility index (Phi) is 9.86. The summed E-state index contributed by atoms with van der Waals surface area (Å²) >= 11 is 0. The van der Waals surface area contributed by atoms with Crippen molar-refractivity contribution >= 4 is 51.9 Å². The van der Waals surface area contributed by atoms with E-state index in [4.69, 9.17) is 0 Å². The van der Waals surface area contributed by atoms with E-state index in [1.165, 1.54) is 0 Å². The smallest absolute Gasteiger partial charge is 0.272 e. The number of imide groups is 2. The summed E-state index contributed by atoms with van der Waals surface area (Å²) in [5.74, 6) is -1.88. The van der Waals surface area contributed by atoms with Crippen molar-refractivity contribution in [2.45, 2.75) is 51.6 Å². The standard InChI is InChI=1S/C40H43N9O6/c1-2-26-18-32-33(44-36(26)51)17-25(21-42-32)23-46-13-15-47(16-14-46)28-4-6-31(43-22-28)40(55)48-11-9-24(10-12-48)20-41-27-3-5-29-30(19-27)39(54)49(38(29)53)34-7-8-35(50)45-37(34)52/h3-6,17-19,21-22,24,34,41H,2,7-16,20,23H2,1H3,(H,44,51)(H,45,50,52). The molecule has 5 amide bonds. The van der Waals surface area contributed by atoms with Crippen LogP contribution in [0.3, 0.4) is 0 Å². The topological polar surface area (TPSA) is 181 Å². The number of fused-ring (bicyclic) bond motifs is 2. The van der Waals surface area contributed by atoms with Crippen LogP contribution in [-0.2, 0) is 22.6 Å². The number of pyridine rings is 3. The van der Waals surface area contributed by atoms with Crippen LogP contribution in [0.25, 0.3) is 11.0 Å². The number of amides is 5. The van der Waals surface area contributed by atoms with Crippen LogP contribution in [-0.4, -0.2) is 111 Å². The van der Waals surface area contributed by atoms with Crippen LogP contribution in [0.4, 0.5) is 11.4 Å². The predicted molar refractivity (Wildman–Crippen MR) is 204 cm³/mol. The van der Waals surface area contributed by atoms with Gasteiger partial charge >= 0.3 is 0 Å². The number of aromatic amines is 1. The molecule has 0 saturated carbocycles. The lowest BCUT2D eigenvalue weighted by Gasteiger charge is -2.36. The zero-order chi connectivity index (χ0) is 38.2. The van der Waals surface area contributed by atoms with Gasteiger partial charge in [-0.2, -0.15) is 0 Å². The number of aromatic nitrogens is 3. The molecule has 15 heteroatoms. The molecule has 15 nitrogen and oxygen atoms in total. The highest BCUT2D eigenvalue weighted by molar-refractivity contribution is 6.23. The van der Waals surface area contributed by atoms with Crippen LogP contribution in [0.1, 0.15) is 74.9 Å².